The Balaban J connectivity index is 1.96. The highest BCUT2D eigenvalue weighted by molar-refractivity contribution is 7.14. The lowest BCUT2D eigenvalue weighted by Crippen LogP contribution is -2.14. The van der Waals surface area contributed by atoms with Crippen LogP contribution in [0.25, 0.3) is 11.3 Å². The number of aromatic nitrogens is 2. The molecular weight excluding hydrogens is 414 g/mol. The Hall–Kier alpha value is -2.10. The molecule has 26 heavy (non-hydrogen) atoms. The normalized spacial score (nSPS) is 11.6. The summed E-state index contributed by atoms with van der Waals surface area (Å²) in [6.07, 6.45) is -4.59. The third-order valence-electron chi connectivity index (χ3n) is 3.30. The lowest BCUT2D eigenvalue weighted by Gasteiger charge is -2.06. The van der Waals surface area contributed by atoms with E-state index in [1.165, 1.54) is 6.92 Å². The Labute approximate surface area is 158 Å². The van der Waals surface area contributed by atoms with E-state index in [4.69, 9.17) is 27.7 Å². The van der Waals surface area contributed by atoms with Gasteiger partial charge in [-0.15, -0.1) is 11.3 Å². The van der Waals surface area contributed by atoms with E-state index in [0.717, 1.165) is 5.38 Å². The zero-order valence-electron chi connectivity index (χ0n) is 12.8. The second-order valence-corrected chi connectivity index (χ2v) is 6.72. The monoisotopic (exact) mass is 421 g/mol. The summed E-state index contributed by atoms with van der Waals surface area (Å²) in [7, 11) is 0. The molecule has 0 radical (unpaired) electrons. The van der Waals surface area contributed by atoms with Crippen molar-refractivity contribution in [1.29, 1.82) is 0 Å². The largest absolute Gasteiger partial charge is 0.434 e. The Morgan fingerprint density at radius 1 is 1.27 bits per heavy atom. The van der Waals surface area contributed by atoms with Gasteiger partial charge in [-0.2, -0.15) is 13.2 Å². The number of anilines is 1. The molecule has 2 heterocycles. The Morgan fingerprint density at radius 2 is 1.92 bits per heavy atom. The SMILES string of the molecule is Cc1onc(-c2c(Cl)cccc2Cl)c1C(=O)Nc1nc(C(F)(F)F)cs1. The number of carbonyl (C=O) groups is 1. The van der Waals surface area contributed by atoms with Gasteiger partial charge in [0, 0.05) is 10.9 Å². The fourth-order valence-electron chi connectivity index (χ4n) is 2.16. The van der Waals surface area contributed by atoms with E-state index >= 15 is 0 Å². The summed E-state index contributed by atoms with van der Waals surface area (Å²) in [6, 6.07) is 4.74. The summed E-state index contributed by atoms with van der Waals surface area (Å²) in [6.45, 7) is 1.49. The summed E-state index contributed by atoms with van der Waals surface area (Å²) < 4.78 is 42.9. The molecule has 0 aliphatic heterocycles. The maximum absolute atomic E-state index is 12.6. The highest BCUT2D eigenvalue weighted by atomic mass is 35.5. The predicted molar refractivity (Wildman–Crippen MR) is 91.8 cm³/mol. The van der Waals surface area contributed by atoms with Crippen LogP contribution >= 0.6 is 34.5 Å². The fraction of sp³-hybridized carbons (Fsp3) is 0.133. The average molecular weight is 422 g/mol. The first-order valence-electron chi connectivity index (χ1n) is 6.93. The maximum Gasteiger partial charge on any atom is 0.434 e. The number of thiazole rings is 1. The van der Waals surface area contributed by atoms with Crippen LogP contribution in [0.1, 0.15) is 21.8 Å². The van der Waals surface area contributed by atoms with Crippen molar-refractivity contribution in [3.8, 4) is 11.3 Å². The maximum atomic E-state index is 12.6. The van der Waals surface area contributed by atoms with E-state index in [1.54, 1.807) is 18.2 Å². The minimum atomic E-state index is -4.59. The van der Waals surface area contributed by atoms with Crippen LogP contribution in [0.15, 0.2) is 28.1 Å². The van der Waals surface area contributed by atoms with Crippen molar-refractivity contribution >= 4 is 45.6 Å². The van der Waals surface area contributed by atoms with Crippen LogP contribution in [0.5, 0.6) is 0 Å². The zero-order valence-corrected chi connectivity index (χ0v) is 15.1. The molecule has 3 aromatic rings. The molecule has 5 nitrogen and oxygen atoms in total. The molecule has 1 amide bonds. The van der Waals surface area contributed by atoms with Gasteiger partial charge in [-0.3, -0.25) is 10.1 Å². The number of carbonyl (C=O) groups excluding carboxylic acids is 1. The number of benzene rings is 1. The van der Waals surface area contributed by atoms with Crippen LogP contribution in [0.2, 0.25) is 10.0 Å². The standard InChI is InChI=1S/C15H8Cl2F3N3O2S/c1-6-10(12(23-25-6)11-7(16)3-2-4-8(11)17)13(24)22-14-21-9(5-26-14)15(18,19)20/h2-5H,1H3,(H,21,22,24). The topological polar surface area (TPSA) is 68.0 Å². The van der Waals surface area contributed by atoms with E-state index in [2.05, 4.69) is 15.5 Å². The first kappa shape index (κ1) is 18.7. The van der Waals surface area contributed by atoms with Crippen molar-refractivity contribution in [2.24, 2.45) is 0 Å². The van der Waals surface area contributed by atoms with Gasteiger partial charge in [-0.1, -0.05) is 34.4 Å². The molecular formula is C15H8Cl2F3N3O2S. The Bertz CT molecular complexity index is 965. The summed E-state index contributed by atoms with van der Waals surface area (Å²) in [5, 5.41) is 7.21. The van der Waals surface area contributed by atoms with Crippen LogP contribution in [-0.2, 0) is 6.18 Å². The van der Waals surface area contributed by atoms with Gasteiger partial charge in [0.1, 0.15) is 17.0 Å². The molecule has 0 spiro atoms. The first-order chi connectivity index (χ1) is 12.2. The second kappa shape index (κ2) is 6.90. The summed E-state index contributed by atoms with van der Waals surface area (Å²) in [5.74, 6) is -0.584. The fourth-order valence-corrected chi connectivity index (χ4v) is 3.44. The number of alkyl halides is 3. The minimum Gasteiger partial charge on any atom is -0.360 e. The molecule has 0 aliphatic carbocycles. The molecule has 11 heteroatoms. The van der Waals surface area contributed by atoms with Crippen LogP contribution in [0.3, 0.4) is 0 Å². The van der Waals surface area contributed by atoms with Gasteiger partial charge in [0.05, 0.1) is 10.0 Å². The van der Waals surface area contributed by atoms with Gasteiger partial charge >= 0.3 is 6.18 Å². The molecule has 1 aromatic carbocycles. The molecule has 0 fully saturated rings. The van der Waals surface area contributed by atoms with Gasteiger partial charge in [0.2, 0.25) is 0 Å². The molecule has 0 saturated heterocycles. The molecule has 3 rings (SSSR count). The van der Waals surface area contributed by atoms with Gasteiger partial charge < -0.3 is 4.52 Å². The number of rotatable bonds is 3. The van der Waals surface area contributed by atoms with Crippen LogP contribution in [-0.4, -0.2) is 16.0 Å². The van der Waals surface area contributed by atoms with Crippen molar-refractivity contribution in [3.63, 3.8) is 0 Å². The van der Waals surface area contributed by atoms with Crippen LogP contribution in [0.4, 0.5) is 18.3 Å². The first-order valence-corrected chi connectivity index (χ1v) is 8.56. The van der Waals surface area contributed by atoms with Gasteiger partial charge in [0.15, 0.2) is 10.8 Å². The molecule has 0 saturated carbocycles. The number of hydrogen-bond acceptors (Lipinski definition) is 5. The van der Waals surface area contributed by atoms with Gasteiger partial charge in [-0.25, -0.2) is 4.98 Å². The van der Waals surface area contributed by atoms with E-state index in [9.17, 15) is 18.0 Å². The third-order valence-corrected chi connectivity index (χ3v) is 4.69. The van der Waals surface area contributed by atoms with Crippen molar-refractivity contribution in [2.75, 3.05) is 5.32 Å². The van der Waals surface area contributed by atoms with E-state index in [-0.39, 0.29) is 37.8 Å². The Morgan fingerprint density at radius 3 is 2.50 bits per heavy atom. The van der Waals surface area contributed by atoms with Crippen molar-refractivity contribution < 1.29 is 22.5 Å². The summed E-state index contributed by atoms with van der Waals surface area (Å²) >= 11 is 12.9. The molecule has 2 aromatic heterocycles. The number of hydrogen-bond donors (Lipinski definition) is 1. The minimum absolute atomic E-state index is 0.00348. The Kier molecular flexibility index (Phi) is 4.96. The van der Waals surface area contributed by atoms with Crippen molar-refractivity contribution in [1.82, 2.24) is 10.1 Å². The second-order valence-electron chi connectivity index (χ2n) is 5.05. The van der Waals surface area contributed by atoms with E-state index in [0.29, 0.717) is 11.3 Å². The van der Waals surface area contributed by atoms with Gasteiger partial charge in [0.25, 0.3) is 5.91 Å². The molecule has 0 bridgehead atoms. The smallest absolute Gasteiger partial charge is 0.360 e. The summed E-state index contributed by atoms with van der Waals surface area (Å²) in [4.78, 5) is 15.9. The highest BCUT2D eigenvalue weighted by Gasteiger charge is 2.34. The number of nitrogens with zero attached hydrogens (tertiary/aromatic N) is 2. The zero-order chi connectivity index (χ0) is 19.1. The molecule has 0 atom stereocenters. The molecule has 136 valence electrons. The molecule has 0 aliphatic rings. The van der Waals surface area contributed by atoms with E-state index < -0.39 is 17.8 Å². The highest BCUT2D eigenvalue weighted by Crippen LogP contribution is 2.37. The van der Waals surface area contributed by atoms with Crippen molar-refractivity contribution in [2.45, 2.75) is 13.1 Å². The predicted octanol–water partition coefficient (Wildman–Crippen LogP) is 5.68. The quantitative estimate of drug-likeness (QED) is 0.590. The lowest BCUT2D eigenvalue weighted by molar-refractivity contribution is -0.140. The van der Waals surface area contributed by atoms with Gasteiger partial charge in [-0.05, 0) is 19.1 Å². The number of aryl methyl sites for hydroxylation is 1. The molecule has 0 unspecified atom stereocenters. The molecule has 1 N–H and O–H groups in total. The van der Waals surface area contributed by atoms with Crippen LogP contribution in [0, 0.1) is 6.92 Å². The lowest BCUT2D eigenvalue weighted by atomic mass is 10.1. The summed E-state index contributed by atoms with van der Waals surface area (Å²) in [5.41, 5.74) is -0.714. The number of amides is 1. The van der Waals surface area contributed by atoms with E-state index in [1.807, 2.05) is 0 Å². The number of nitrogens with one attached hydrogen (secondary N) is 1. The average Bonchev–Trinajstić information content (AvgIpc) is 3.14. The number of halogens is 5. The van der Waals surface area contributed by atoms with Crippen molar-refractivity contribution in [3.05, 3.63) is 50.6 Å². The third kappa shape index (κ3) is 3.55. The van der Waals surface area contributed by atoms with Crippen LogP contribution < -0.4 is 5.32 Å².